The van der Waals surface area contributed by atoms with Crippen LogP contribution in [0, 0.1) is 13.8 Å². The molecule has 0 aliphatic heterocycles. The second-order valence-electron chi connectivity index (χ2n) is 6.91. The van der Waals surface area contributed by atoms with Crippen molar-refractivity contribution in [1.82, 2.24) is 0 Å². The lowest BCUT2D eigenvalue weighted by Crippen LogP contribution is -3.11. The number of quaternary nitrogens is 1. The Kier molecular flexibility index (Phi) is 8.23. The number of amides is 3. The van der Waals surface area contributed by atoms with Crippen LogP contribution in [0.2, 0.25) is 0 Å². The van der Waals surface area contributed by atoms with Crippen LogP contribution in [-0.4, -0.2) is 43.6 Å². The smallest absolute Gasteiger partial charge is 0.279 e. The molecule has 1 atom stereocenters. The zero-order chi connectivity index (χ0) is 21.4. The number of likely N-dealkylation sites (N-methyl/N-ethyl adjacent to an activating group) is 1. The van der Waals surface area contributed by atoms with Gasteiger partial charge in [0.2, 0.25) is 5.91 Å². The Morgan fingerprint density at radius 2 is 1.52 bits per heavy atom. The topological polar surface area (TPSA) is 106 Å². The van der Waals surface area contributed by atoms with Gasteiger partial charge in [-0.2, -0.15) is 0 Å². The highest BCUT2D eigenvalue weighted by Gasteiger charge is 2.16. The third-order valence-electron chi connectivity index (χ3n) is 4.33. The summed E-state index contributed by atoms with van der Waals surface area (Å²) in [4.78, 5) is 37.2. The minimum atomic E-state index is -0.421. The number of nitrogens with two attached hydrogens (primary N) is 1. The average molecular weight is 416 g/mol. The van der Waals surface area contributed by atoms with Crippen LogP contribution in [0.1, 0.15) is 11.1 Å². The van der Waals surface area contributed by atoms with Crippen molar-refractivity contribution in [2.75, 3.05) is 36.5 Å². The van der Waals surface area contributed by atoms with E-state index >= 15 is 0 Å². The number of primary amides is 1. The molecule has 2 aromatic carbocycles. The highest BCUT2D eigenvalue weighted by molar-refractivity contribution is 8.00. The van der Waals surface area contributed by atoms with Crippen LogP contribution in [0.15, 0.2) is 47.4 Å². The Morgan fingerprint density at radius 1 is 0.931 bits per heavy atom. The molecule has 154 valence electrons. The fourth-order valence-corrected chi connectivity index (χ4v) is 3.48. The highest BCUT2D eigenvalue weighted by Crippen LogP contribution is 2.26. The molecule has 0 saturated carbocycles. The Bertz CT molecular complexity index is 901. The fourth-order valence-electron chi connectivity index (χ4n) is 2.73. The Morgan fingerprint density at radius 3 is 2.17 bits per heavy atom. The minimum absolute atomic E-state index is 0.134. The van der Waals surface area contributed by atoms with E-state index in [2.05, 4.69) is 10.6 Å². The summed E-state index contributed by atoms with van der Waals surface area (Å²) in [6, 6.07) is 13.0. The molecule has 1 unspecified atom stereocenters. The third kappa shape index (κ3) is 7.24. The monoisotopic (exact) mass is 415 g/mol. The number of hydrogen-bond acceptors (Lipinski definition) is 4. The van der Waals surface area contributed by atoms with Gasteiger partial charge >= 0.3 is 0 Å². The molecule has 2 aromatic rings. The van der Waals surface area contributed by atoms with Crippen molar-refractivity contribution < 1.29 is 19.3 Å². The molecule has 0 radical (unpaired) electrons. The van der Waals surface area contributed by atoms with Crippen molar-refractivity contribution in [1.29, 1.82) is 0 Å². The molecule has 0 aliphatic carbocycles. The van der Waals surface area contributed by atoms with Gasteiger partial charge in [0.05, 0.1) is 18.5 Å². The van der Waals surface area contributed by atoms with Crippen LogP contribution in [0.5, 0.6) is 0 Å². The molecule has 0 bridgehead atoms. The lowest BCUT2D eigenvalue weighted by atomic mass is 10.1. The van der Waals surface area contributed by atoms with E-state index in [9.17, 15) is 14.4 Å². The second-order valence-corrected chi connectivity index (χ2v) is 7.92. The number of rotatable bonds is 9. The van der Waals surface area contributed by atoms with Gasteiger partial charge in [0.25, 0.3) is 11.8 Å². The zero-order valence-corrected chi connectivity index (χ0v) is 17.7. The number of thioether (sulfide) groups is 1. The molecule has 29 heavy (non-hydrogen) atoms. The van der Waals surface area contributed by atoms with Gasteiger partial charge in [0, 0.05) is 10.6 Å². The number of nitrogens with one attached hydrogen (secondary N) is 3. The largest absolute Gasteiger partial charge is 0.369 e. The lowest BCUT2D eigenvalue weighted by Gasteiger charge is -2.16. The number of carbonyl (C=O) groups excluding carboxylic acids is 3. The second kappa shape index (κ2) is 10.6. The van der Waals surface area contributed by atoms with Gasteiger partial charge < -0.3 is 21.3 Å². The van der Waals surface area contributed by atoms with Crippen LogP contribution < -0.4 is 21.3 Å². The summed E-state index contributed by atoms with van der Waals surface area (Å²) >= 11 is 1.27. The third-order valence-corrected chi connectivity index (χ3v) is 5.43. The summed E-state index contributed by atoms with van der Waals surface area (Å²) in [5, 5.41) is 5.74. The summed E-state index contributed by atoms with van der Waals surface area (Å²) in [6.45, 7) is 4.25. The number of para-hydroxylation sites is 1. The molecule has 0 fully saturated rings. The van der Waals surface area contributed by atoms with E-state index in [0.717, 1.165) is 26.6 Å². The molecule has 2 rings (SSSR count). The van der Waals surface area contributed by atoms with Gasteiger partial charge in [-0.25, -0.2) is 0 Å². The first-order valence-corrected chi connectivity index (χ1v) is 10.2. The maximum atomic E-state index is 12.4. The van der Waals surface area contributed by atoms with E-state index in [1.807, 2.05) is 44.2 Å². The molecule has 3 amide bonds. The predicted octanol–water partition coefficient (Wildman–Crippen LogP) is 0.973. The van der Waals surface area contributed by atoms with Crippen LogP contribution in [0.3, 0.4) is 0 Å². The van der Waals surface area contributed by atoms with E-state index in [-0.39, 0.29) is 30.7 Å². The summed E-state index contributed by atoms with van der Waals surface area (Å²) in [5.41, 5.74) is 8.73. The maximum Gasteiger partial charge on any atom is 0.279 e. The van der Waals surface area contributed by atoms with Crippen LogP contribution in [-0.2, 0) is 14.4 Å². The van der Waals surface area contributed by atoms with Crippen molar-refractivity contribution in [3.8, 4) is 0 Å². The van der Waals surface area contributed by atoms with Crippen LogP contribution >= 0.6 is 11.8 Å². The molecule has 5 N–H and O–H groups in total. The van der Waals surface area contributed by atoms with Gasteiger partial charge in [-0.3, -0.25) is 14.4 Å². The highest BCUT2D eigenvalue weighted by atomic mass is 32.2. The summed E-state index contributed by atoms with van der Waals surface area (Å²) in [6.07, 6.45) is 0. The van der Waals surface area contributed by atoms with Gasteiger partial charge in [-0.1, -0.05) is 24.3 Å². The standard InChI is InChI=1S/C21H26N4O3S/c1-14-7-6-9-16(15(14)2)23-20(27)11-25(3)12-21(28)24-17-8-4-5-10-18(17)29-13-19(22)26/h4-10H,11-13H2,1-3H3,(H2,22,26)(H,23,27)(H,24,28)/p+1. The first-order chi connectivity index (χ1) is 13.8. The number of aryl methyl sites for hydroxylation is 1. The summed E-state index contributed by atoms with van der Waals surface area (Å²) in [5.74, 6) is -0.651. The molecule has 0 heterocycles. The first-order valence-electron chi connectivity index (χ1n) is 9.23. The van der Waals surface area contributed by atoms with Gasteiger partial charge in [-0.15, -0.1) is 11.8 Å². The van der Waals surface area contributed by atoms with Crippen LogP contribution in [0.25, 0.3) is 0 Å². The molecular formula is C21H27N4O3S+. The molecular weight excluding hydrogens is 388 g/mol. The minimum Gasteiger partial charge on any atom is -0.369 e. The van der Waals surface area contributed by atoms with Crippen molar-refractivity contribution >= 4 is 40.9 Å². The Hall–Kier alpha value is -2.84. The normalized spacial score (nSPS) is 11.6. The number of benzene rings is 2. The van der Waals surface area contributed by atoms with E-state index in [0.29, 0.717) is 5.69 Å². The molecule has 0 saturated heterocycles. The first kappa shape index (κ1) is 22.4. The van der Waals surface area contributed by atoms with E-state index in [4.69, 9.17) is 5.73 Å². The van der Waals surface area contributed by atoms with Crippen molar-refractivity contribution in [3.63, 3.8) is 0 Å². The van der Waals surface area contributed by atoms with Crippen molar-refractivity contribution in [2.24, 2.45) is 5.73 Å². The number of anilines is 2. The number of hydrogen-bond donors (Lipinski definition) is 4. The zero-order valence-electron chi connectivity index (χ0n) is 16.9. The summed E-state index contributed by atoms with van der Waals surface area (Å²) < 4.78 is 0. The quantitative estimate of drug-likeness (QED) is 0.458. The molecule has 0 aliphatic rings. The predicted molar refractivity (Wildman–Crippen MR) is 116 cm³/mol. The van der Waals surface area contributed by atoms with Crippen molar-refractivity contribution in [3.05, 3.63) is 53.6 Å². The van der Waals surface area contributed by atoms with Crippen molar-refractivity contribution in [2.45, 2.75) is 18.7 Å². The fraction of sp³-hybridized carbons (Fsp3) is 0.286. The van der Waals surface area contributed by atoms with Crippen LogP contribution in [0.4, 0.5) is 11.4 Å². The van der Waals surface area contributed by atoms with Gasteiger partial charge in [-0.05, 0) is 43.2 Å². The van der Waals surface area contributed by atoms with E-state index < -0.39 is 5.91 Å². The summed E-state index contributed by atoms with van der Waals surface area (Å²) in [7, 11) is 1.79. The van der Waals surface area contributed by atoms with Gasteiger partial charge in [0.1, 0.15) is 0 Å². The lowest BCUT2D eigenvalue weighted by molar-refractivity contribution is -0.862. The molecule has 0 aromatic heterocycles. The van der Waals surface area contributed by atoms with E-state index in [1.54, 1.807) is 19.2 Å². The Labute approximate surface area is 175 Å². The SMILES string of the molecule is Cc1cccc(NC(=O)C[NH+](C)CC(=O)Nc2ccccc2SCC(N)=O)c1C. The maximum absolute atomic E-state index is 12.4. The van der Waals surface area contributed by atoms with Gasteiger partial charge in [0.15, 0.2) is 13.1 Å². The molecule has 7 nitrogen and oxygen atoms in total. The van der Waals surface area contributed by atoms with E-state index in [1.165, 1.54) is 11.8 Å². The Balaban J connectivity index is 1.88. The number of carbonyl (C=O) groups is 3. The molecule has 8 heteroatoms. The molecule has 0 spiro atoms. The average Bonchev–Trinajstić information content (AvgIpc) is 2.64.